The predicted molar refractivity (Wildman–Crippen MR) is 95.2 cm³/mol. The summed E-state index contributed by atoms with van der Waals surface area (Å²) >= 11 is 0. The molecule has 0 aliphatic rings. The lowest BCUT2D eigenvalue weighted by molar-refractivity contribution is -0.385. The minimum atomic E-state index is -0.717. The van der Waals surface area contributed by atoms with Crippen LogP contribution in [0.25, 0.3) is 0 Å². The van der Waals surface area contributed by atoms with Crippen molar-refractivity contribution in [1.82, 2.24) is 0 Å². The zero-order chi connectivity index (χ0) is 19.5. The van der Waals surface area contributed by atoms with Gasteiger partial charge in [0.05, 0.1) is 12.0 Å². The molecule has 1 amide bonds. The number of carboxylic acids is 1. The summed E-state index contributed by atoms with van der Waals surface area (Å²) in [5.41, 5.74) is 5.99. The molecule has 0 spiro atoms. The topological polar surface area (TPSA) is 133 Å². The fourth-order valence-corrected chi connectivity index (χ4v) is 2.07. The highest BCUT2D eigenvalue weighted by atomic mass is 16.6. The Morgan fingerprint density at radius 3 is 2.35 bits per heavy atom. The Morgan fingerprint density at radius 2 is 1.85 bits per heavy atom. The van der Waals surface area contributed by atoms with Crippen molar-refractivity contribution >= 4 is 17.6 Å². The number of nitrogens with zero attached hydrogens (tertiary/aromatic N) is 1. The van der Waals surface area contributed by atoms with Crippen LogP contribution in [-0.2, 0) is 11.2 Å². The molecule has 0 fully saturated rings. The number of amides is 1. The third kappa shape index (κ3) is 7.00. The lowest BCUT2D eigenvalue weighted by Gasteiger charge is -2.01. The number of hydrogen-bond acceptors (Lipinski definition) is 5. The molecule has 0 heterocycles. The van der Waals surface area contributed by atoms with Crippen LogP contribution in [0.3, 0.4) is 0 Å². The Morgan fingerprint density at radius 1 is 1.19 bits per heavy atom. The fourth-order valence-electron chi connectivity index (χ4n) is 2.07. The number of ether oxygens (including phenoxy) is 1. The molecular weight excluding hydrogens is 340 g/mol. The molecule has 0 saturated heterocycles. The number of nitro benzene ring substituents is 1. The van der Waals surface area contributed by atoms with Gasteiger partial charge in [-0.3, -0.25) is 19.7 Å². The van der Waals surface area contributed by atoms with Gasteiger partial charge in [-0.15, -0.1) is 0 Å². The number of methoxy groups -OCH3 is 1. The molecule has 2 aromatic carbocycles. The Balaban J connectivity index is 0.000000263. The zero-order valence-electron chi connectivity index (χ0n) is 14.3. The molecule has 3 N–H and O–H groups in total. The summed E-state index contributed by atoms with van der Waals surface area (Å²) in [5.74, 6) is -1.33. The number of rotatable bonds is 7. The summed E-state index contributed by atoms with van der Waals surface area (Å²) in [6.07, 6.45) is 1.83. The van der Waals surface area contributed by atoms with E-state index in [9.17, 15) is 19.7 Å². The zero-order valence-corrected chi connectivity index (χ0v) is 14.3. The van der Waals surface area contributed by atoms with Gasteiger partial charge in [-0.05, 0) is 30.5 Å². The molecule has 26 heavy (non-hydrogen) atoms. The third-order valence-corrected chi connectivity index (χ3v) is 3.36. The number of nitrogens with two attached hydrogens (primary N) is 1. The highest BCUT2D eigenvalue weighted by molar-refractivity contribution is 5.93. The van der Waals surface area contributed by atoms with Crippen molar-refractivity contribution < 1.29 is 24.4 Å². The van der Waals surface area contributed by atoms with Gasteiger partial charge in [-0.1, -0.05) is 30.3 Å². The molecule has 2 aromatic rings. The van der Waals surface area contributed by atoms with Crippen molar-refractivity contribution in [3.63, 3.8) is 0 Å². The summed E-state index contributed by atoms with van der Waals surface area (Å²) in [5, 5.41) is 18.9. The van der Waals surface area contributed by atoms with Gasteiger partial charge >= 0.3 is 11.7 Å². The molecular formula is C18H20N2O6. The van der Waals surface area contributed by atoms with E-state index < -0.39 is 16.8 Å². The van der Waals surface area contributed by atoms with Crippen molar-refractivity contribution in [3.05, 3.63) is 69.8 Å². The lowest BCUT2D eigenvalue weighted by atomic mass is 10.1. The molecule has 0 aliphatic carbocycles. The Bertz CT molecular complexity index is 762. The highest BCUT2D eigenvalue weighted by Gasteiger charge is 2.16. The van der Waals surface area contributed by atoms with E-state index in [1.54, 1.807) is 0 Å². The van der Waals surface area contributed by atoms with Crippen LogP contribution in [0.4, 0.5) is 5.69 Å². The van der Waals surface area contributed by atoms with Crippen molar-refractivity contribution in [1.29, 1.82) is 0 Å². The first-order valence-electron chi connectivity index (χ1n) is 7.73. The molecule has 0 aromatic heterocycles. The summed E-state index contributed by atoms with van der Waals surface area (Å²) in [6, 6.07) is 13.7. The summed E-state index contributed by atoms with van der Waals surface area (Å²) in [6.45, 7) is 0. The van der Waals surface area contributed by atoms with Crippen LogP contribution < -0.4 is 10.5 Å². The maximum absolute atomic E-state index is 10.7. The largest absolute Gasteiger partial charge is 0.490 e. The van der Waals surface area contributed by atoms with E-state index in [-0.39, 0.29) is 23.4 Å². The molecule has 8 heteroatoms. The van der Waals surface area contributed by atoms with Crippen LogP contribution in [0.2, 0.25) is 0 Å². The first kappa shape index (κ1) is 20.6. The summed E-state index contributed by atoms with van der Waals surface area (Å²) < 4.78 is 4.75. The van der Waals surface area contributed by atoms with Gasteiger partial charge in [0.25, 0.3) is 0 Å². The second kappa shape index (κ2) is 10.4. The average Bonchev–Trinajstić information content (AvgIpc) is 2.62. The average molecular weight is 360 g/mol. The number of carbonyl (C=O) groups excluding carboxylic acids is 1. The van der Waals surface area contributed by atoms with Crippen LogP contribution in [0.5, 0.6) is 5.75 Å². The molecule has 0 atom stereocenters. The maximum atomic E-state index is 10.7. The van der Waals surface area contributed by atoms with E-state index in [4.69, 9.17) is 15.6 Å². The van der Waals surface area contributed by atoms with E-state index in [0.717, 1.165) is 18.9 Å². The molecule has 0 unspecified atom stereocenters. The van der Waals surface area contributed by atoms with E-state index >= 15 is 0 Å². The highest BCUT2D eigenvalue weighted by Crippen LogP contribution is 2.27. The van der Waals surface area contributed by atoms with Gasteiger partial charge in [-0.25, -0.2) is 0 Å². The monoisotopic (exact) mass is 360 g/mol. The van der Waals surface area contributed by atoms with Crippen LogP contribution >= 0.6 is 0 Å². The standard InChI is InChI=1S/C10H12O2.C8H8N2O4/c11-10(12)8-4-7-9-5-2-1-3-6-9;1-14-7-3-2-5(8(9)11)4-6(7)10(12)13/h1-3,5-6H,4,7-8H2,(H,11,12);2-4H,1H3,(H2,9,11). The minimum absolute atomic E-state index is 0.0810. The number of aryl methyl sites for hydroxylation is 1. The quantitative estimate of drug-likeness (QED) is 0.576. The van der Waals surface area contributed by atoms with E-state index in [1.807, 2.05) is 30.3 Å². The lowest BCUT2D eigenvalue weighted by Crippen LogP contribution is -2.11. The van der Waals surface area contributed by atoms with Gasteiger partial charge in [0.1, 0.15) is 0 Å². The summed E-state index contributed by atoms with van der Waals surface area (Å²) in [4.78, 5) is 30.8. The Hall–Kier alpha value is -3.42. The number of carboxylic acid groups (broad SMARTS) is 1. The molecule has 8 nitrogen and oxygen atoms in total. The van der Waals surface area contributed by atoms with Crippen LogP contribution in [0.15, 0.2) is 48.5 Å². The van der Waals surface area contributed by atoms with Crippen molar-refractivity contribution in [2.75, 3.05) is 7.11 Å². The van der Waals surface area contributed by atoms with Crippen molar-refractivity contribution in [2.24, 2.45) is 5.73 Å². The normalized spacial score (nSPS) is 9.58. The van der Waals surface area contributed by atoms with Crippen LogP contribution in [0, 0.1) is 10.1 Å². The van der Waals surface area contributed by atoms with E-state index in [1.165, 1.54) is 24.8 Å². The number of carbonyl (C=O) groups is 2. The number of aliphatic carboxylic acids is 1. The first-order valence-corrected chi connectivity index (χ1v) is 7.73. The molecule has 0 aliphatic heterocycles. The van der Waals surface area contributed by atoms with Gasteiger partial charge in [0.2, 0.25) is 5.91 Å². The van der Waals surface area contributed by atoms with E-state index in [0.29, 0.717) is 0 Å². The fraction of sp³-hybridized carbons (Fsp3) is 0.222. The smallest absolute Gasteiger partial charge is 0.311 e. The van der Waals surface area contributed by atoms with Crippen molar-refractivity contribution in [3.8, 4) is 5.75 Å². The molecule has 0 saturated carbocycles. The minimum Gasteiger partial charge on any atom is -0.490 e. The van der Waals surface area contributed by atoms with Gasteiger partial charge in [0, 0.05) is 18.1 Å². The Labute approximate surface area is 150 Å². The Kier molecular flexibility index (Phi) is 8.29. The number of hydrogen-bond donors (Lipinski definition) is 2. The number of primary amides is 1. The van der Waals surface area contributed by atoms with Crippen LogP contribution in [0.1, 0.15) is 28.8 Å². The molecule has 2 rings (SSSR count). The number of benzene rings is 2. The maximum Gasteiger partial charge on any atom is 0.311 e. The molecule has 0 bridgehead atoms. The second-order valence-electron chi connectivity index (χ2n) is 5.24. The second-order valence-corrected chi connectivity index (χ2v) is 5.24. The molecule has 138 valence electrons. The van der Waals surface area contributed by atoms with Gasteiger partial charge in [0.15, 0.2) is 5.75 Å². The number of nitro groups is 1. The predicted octanol–water partition coefficient (Wildman–Crippen LogP) is 2.80. The third-order valence-electron chi connectivity index (χ3n) is 3.36. The van der Waals surface area contributed by atoms with Crippen molar-refractivity contribution in [2.45, 2.75) is 19.3 Å². The van der Waals surface area contributed by atoms with Gasteiger partial charge < -0.3 is 15.6 Å². The first-order chi connectivity index (χ1) is 12.3. The SMILES string of the molecule is COc1ccc(C(N)=O)cc1[N+](=O)[O-].O=C(O)CCCc1ccccc1. The van der Waals surface area contributed by atoms with Crippen LogP contribution in [-0.4, -0.2) is 29.0 Å². The van der Waals surface area contributed by atoms with E-state index in [2.05, 4.69) is 0 Å². The summed E-state index contributed by atoms with van der Waals surface area (Å²) in [7, 11) is 1.31. The molecule has 0 radical (unpaired) electrons. The van der Waals surface area contributed by atoms with Gasteiger partial charge in [-0.2, -0.15) is 0 Å².